The van der Waals surface area contributed by atoms with Gasteiger partial charge in [-0.25, -0.2) is 0 Å². The van der Waals surface area contributed by atoms with Gasteiger partial charge < -0.3 is 16.4 Å². The summed E-state index contributed by atoms with van der Waals surface area (Å²) in [7, 11) is 0. The number of anilines is 2. The zero-order valence-electron chi connectivity index (χ0n) is 12.4. The first-order valence-corrected chi connectivity index (χ1v) is 8.37. The topological polar surface area (TPSA) is 67.6 Å². The van der Waals surface area contributed by atoms with Crippen molar-refractivity contribution in [3.8, 4) is 0 Å². The van der Waals surface area contributed by atoms with Crippen molar-refractivity contribution in [1.82, 2.24) is 0 Å². The van der Waals surface area contributed by atoms with E-state index in [1.165, 1.54) is 21.8 Å². The van der Waals surface area contributed by atoms with Crippen molar-refractivity contribution in [3.05, 3.63) is 54.1 Å². The average molecular weight is 312 g/mol. The Morgan fingerprint density at radius 2 is 1.77 bits per heavy atom. The van der Waals surface area contributed by atoms with E-state index in [2.05, 4.69) is 58.4 Å². The summed E-state index contributed by atoms with van der Waals surface area (Å²) in [4.78, 5) is 7.79. The van der Waals surface area contributed by atoms with Crippen molar-refractivity contribution in [3.63, 3.8) is 0 Å². The maximum atomic E-state index is 5.40. The van der Waals surface area contributed by atoms with E-state index >= 15 is 0 Å². The van der Waals surface area contributed by atoms with E-state index in [9.17, 15) is 0 Å². The minimum Gasteiger partial charge on any atom is -0.370 e. The van der Waals surface area contributed by atoms with Crippen LogP contribution >= 0.6 is 11.8 Å². The standard InChI is InChI=1S/C17H20N4S/c18-17(19)20-10-5-11-21-14-7-2-1-6-13(14)12-22-16-9-4-3-8-15(16)21/h1-4,6-9H,5,10-12H2,(H4,18,19,20). The number of guanidine groups is 1. The van der Waals surface area contributed by atoms with Gasteiger partial charge in [0.25, 0.3) is 0 Å². The van der Waals surface area contributed by atoms with Gasteiger partial charge in [0, 0.05) is 29.4 Å². The van der Waals surface area contributed by atoms with E-state index in [-0.39, 0.29) is 5.96 Å². The molecule has 0 atom stereocenters. The van der Waals surface area contributed by atoms with Gasteiger partial charge in [0.05, 0.1) is 5.69 Å². The Hall–Kier alpha value is -2.14. The number of benzene rings is 2. The first kappa shape index (κ1) is 14.8. The smallest absolute Gasteiger partial charge is 0.185 e. The van der Waals surface area contributed by atoms with Crippen LogP contribution in [0.4, 0.5) is 11.4 Å². The third-order valence-electron chi connectivity index (χ3n) is 3.66. The summed E-state index contributed by atoms with van der Waals surface area (Å²) in [6, 6.07) is 17.2. The lowest BCUT2D eigenvalue weighted by atomic mass is 10.1. The third-order valence-corrected chi connectivity index (χ3v) is 4.77. The molecule has 114 valence electrons. The Balaban J connectivity index is 1.90. The molecule has 0 saturated carbocycles. The highest BCUT2D eigenvalue weighted by molar-refractivity contribution is 7.98. The van der Waals surface area contributed by atoms with Gasteiger partial charge in [-0.3, -0.25) is 4.99 Å². The van der Waals surface area contributed by atoms with Crippen LogP contribution in [0, 0.1) is 0 Å². The van der Waals surface area contributed by atoms with E-state index in [1.807, 2.05) is 11.8 Å². The number of para-hydroxylation sites is 2. The SMILES string of the molecule is NC(N)=NCCCN1c2ccccc2CSc2ccccc21. The Labute approximate surface area is 135 Å². The molecule has 5 heteroatoms. The maximum Gasteiger partial charge on any atom is 0.185 e. The van der Waals surface area contributed by atoms with E-state index in [0.717, 1.165) is 18.7 Å². The van der Waals surface area contributed by atoms with Crippen LogP contribution in [0.2, 0.25) is 0 Å². The second kappa shape index (κ2) is 6.75. The molecule has 2 aromatic carbocycles. The first-order chi connectivity index (χ1) is 10.8. The summed E-state index contributed by atoms with van der Waals surface area (Å²) < 4.78 is 0. The van der Waals surface area contributed by atoms with Crippen LogP contribution in [0.5, 0.6) is 0 Å². The number of fused-ring (bicyclic) bond motifs is 2. The highest BCUT2D eigenvalue weighted by Crippen LogP contribution is 2.42. The minimum atomic E-state index is 0.159. The van der Waals surface area contributed by atoms with Crippen molar-refractivity contribution in [2.45, 2.75) is 17.1 Å². The van der Waals surface area contributed by atoms with Gasteiger partial charge in [0.15, 0.2) is 5.96 Å². The fourth-order valence-electron chi connectivity index (χ4n) is 2.66. The summed E-state index contributed by atoms with van der Waals surface area (Å²) in [5.41, 5.74) is 14.7. The van der Waals surface area contributed by atoms with Gasteiger partial charge >= 0.3 is 0 Å². The van der Waals surface area contributed by atoms with Crippen LogP contribution in [0.1, 0.15) is 12.0 Å². The molecule has 0 unspecified atom stereocenters. The lowest BCUT2D eigenvalue weighted by molar-refractivity contribution is 0.812. The Kier molecular flexibility index (Phi) is 4.53. The number of nitrogens with zero attached hydrogens (tertiary/aromatic N) is 2. The molecule has 1 heterocycles. The van der Waals surface area contributed by atoms with Crippen molar-refractivity contribution in [2.24, 2.45) is 16.5 Å². The monoisotopic (exact) mass is 312 g/mol. The lowest BCUT2D eigenvalue weighted by Crippen LogP contribution is -2.24. The van der Waals surface area contributed by atoms with Crippen LogP contribution < -0.4 is 16.4 Å². The fraction of sp³-hybridized carbons (Fsp3) is 0.235. The molecule has 0 fully saturated rings. The van der Waals surface area contributed by atoms with Gasteiger partial charge in [-0.05, 0) is 30.2 Å². The molecular weight excluding hydrogens is 292 g/mol. The van der Waals surface area contributed by atoms with Crippen molar-refractivity contribution >= 4 is 29.1 Å². The predicted molar refractivity (Wildman–Crippen MR) is 94.7 cm³/mol. The number of thioether (sulfide) groups is 1. The molecule has 4 N–H and O–H groups in total. The van der Waals surface area contributed by atoms with Gasteiger partial charge in [-0.15, -0.1) is 11.8 Å². The van der Waals surface area contributed by atoms with Crippen LogP contribution in [0.25, 0.3) is 0 Å². The molecule has 0 saturated heterocycles. The number of aliphatic imine (C=N–C) groups is 1. The molecule has 3 rings (SSSR count). The zero-order chi connectivity index (χ0) is 15.4. The molecule has 0 aliphatic carbocycles. The highest BCUT2D eigenvalue weighted by atomic mass is 32.2. The number of nitrogens with two attached hydrogens (primary N) is 2. The zero-order valence-corrected chi connectivity index (χ0v) is 13.2. The van der Waals surface area contributed by atoms with Gasteiger partial charge in [0.1, 0.15) is 0 Å². The maximum absolute atomic E-state index is 5.40. The lowest BCUT2D eigenvalue weighted by Gasteiger charge is -2.26. The van der Waals surface area contributed by atoms with Gasteiger partial charge in [0.2, 0.25) is 0 Å². The van der Waals surface area contributed by atoms with E-state index in [1.54, 1.807) is 0 Å². The highest BCUT2D eigenvalue weighted by Gasteiger charge is 2.19. The largest absolute Gasteiger partial charge is 0.370 e. The van der Waals surface area contributed by atoms with Gasteiger partial charge in [-0.2, -0.15) is 0 Å². The molecule has 0 bridgehead atoms. The van der Waals surface area contributed by atoms with Crippen LogP contribution in [0.15, 0.2) is 58.4 Å². The molecule has 2 aromatic rings. The Bertz CT molecular complexity index is 632. The number of hydrogen-bond donors (Lipinski definition) is 2. The second-order valence-corrected chi connectivity index (χ2v) is 6.21. The number of hydrogen-bond acceptors (Lipinski definition) is 3. The van der Waals surface area contributed by atoms with Crippen molar-refractivity contribution in [2.75, 3.05) is 18.0 Å². The molecule has 0 radical (unpaired) electrons. The summed E-state index contributed by atoms with van der Waals surface area (Å²) >= 11 is 1.89. The summed E-state index contributed by atoms with van der Waals surface area (Å²) in [5.74, 6) is 1.16. The molecule has 4 nitrogen and oxygen atoms in total. The molecule has 1 aliphatic rings. The van der Waals surface area contributed by atoms with Crippen molar-refractivity contribution < 1.29 is 0 Å². The normalized spacial score (nSPS) is 13.0. The van der Waals surface area contributed by atoms with Crippen LogP contribution in [-0.4, -0.2) is 19.0 Å². The van der Waals surface area contributed by atoms with Crippen LogP contribution in [-0.2, 0) is 5.75 Å². The fourth-order valence-corrected chi connectivity index (χ4v) is 3.72. The minimum absolute atomic E-state index is 0.159. The summed E-state index contributed by atoms with van der Waals surface area (Å²) in [6.07, 6.45) is 0.908. The second-order valence-electron chi connectivity index (χ2n) is 5.20. The molecule has 0 aromatic heterocycles. The third kappa shape index (κ3) is 3.20. The van der Waals surface area contributed by atoms with E-state index in [0.29, 0.717) is 6.54 Å². The van der Waals surface area contributed by atoms with Crippen molar-refractivity contribution in [1.29, 1.82) is 0 Å². The Morgan fingerprint density at radius 1 is 1.05 bits per heavy atom. The molecule has 1 aliphatic heterocycles. The van der Waals surface area contributed by atoms with Gasteiger partial charge in [-0.1, -0.05) is 30.3 Å². The molecular formula is C17H20N4S. The molecule has 0 amide bonds. The molecule has 0 spiro atoms. The van der Waals surface area contributed by atoms with E-state index < -0.39 is 0 Å². The first-order valence-electron chi connectivity index (χ1n) is 7.38. The average Bonchev–Trinajstić information content (AvgIpc) is 2.69. The number of rotatable bonds is 4. The summed E-state index contributed by atoms with van der Waals surface area (Å²) in [6.45, 7) is 1.54. The predicted octanol–water partition coefficient (Wildman–Crippen LogP) is 3.09. The quantitative estimate of drug-likeness (QED) is 0.517. The summed E-state index contributed by atoms with van der Waals surface area (Å²) in [5, 5.41) is 0. The van der Waals surface area contributed by atoms with Crippen LogP contribution in [0.3, 0.4) is 0 Å². The Morgan fingerprint density at radius 3 is 2.59 bits per heavy atom. The van der Waals surface area contributed by atoms with E-state index in [4.69, 9.17) is 11.5 Å². The molecule has 22 heavy (non-hydrogen) atoms.